The molecule has 2 aromatic rings. The minimum atomic E-state index is -5.38. The second-order valence-corrected chi connectivity index (χ2v) is 8.42. The zero-order valence-electron chi connectivity index (χ0n) is 16.5. The summed E-state index contributed by atoms with van der Waals surface area (Å²) in [5.74, 6) is -3.75. The highest BCUT2D eigenvalue weighted by Gasteiger charge is 2.42. The van der Waals surface area contributed by atoms with Crippen LogP contribution in [0.25, 0.3) is 0 Å². The van der Waals surface area contributed by atoms with E-state index in [0.29, 0.717) is 12.1 Å². The number of carbonyl (C=O) groups is 1. The van der Waals surface area contributed by atoms with Crippen molar-refractivity contribution in [3.63, 3.8) is 0 Å². The van der Waals surface area contributed by atoms with Crippen molar-refractivity contribution in [2.24, 2.45) is 0 Å². The molecule has 1 N–H and O–H groups in total. The van der Waals surface area contributed by atoms with Gasteiger partial charge in [0.05, 0.1) is 15.7 Å². The number of hydrogen-bond acceptors (Lipinski definition) is 9. The molecule has 0 amide bonds. The Kier molecular flexibility index (Phi) is 6.75. The van der Waals surface area contributed by atoms with Crippen LogP contribution in [0.1, 0.15) is 32.2 Å². The highest BCUT2D eigenvalue weighted by molar-refractivity contribution is 7.94. The summed E-state index contributed by atoms with van der Waals surface area (Å²) in [6, 6.07) is 6.61. The molecule has 0 saturated heterocycles. The van der Waals surface area contributed by atoms with E-state index in [9.17, 15) is 26.4 Å². The number of hydrogen-bond donors (Lipinski definition) is 1. The molecule has 0 radical (unpaired) electrons. The number of nitriles is 1. The van der Waals surface area contributed by atoms with Gasteiger partial charge in [0.2, 0.25) is 21.5 Å². The first kappa shape index (κ1) is 23.9. The second-order valence-electron chi connectivity index (χ2n) is 6.62. The zero-order chi connectivity index (χ0) is 23.4. The van der Waals surface area contributed by atoms with E-state index in [4.69, 9.17) is 9.68 Å². The molecule has 0 aliphatic heterocycles. The van der Waals surface area contributed by atoms with Gasteiger partial charge in [0.1, 0.15) is 6.07 Å². The number of benzene rings is 1. The number of rotatable bonds is 7. The fourth-order valence-electron chi connectivity index (χ4n) is 2.32. The molecule has 1 heterocycles. The molecule has 166 valence electrons. The number of allylic oxidation sites excluding steroid dienone is 1. The number of sulfone groups is 1. The maximum Gasteiger partial charge on any atom is 0.491 e. The van der Waals surface area contributed by atoms with Crippen LogP contribution < -0.4 is 5.32 Å². The van der Waals surface area contributed by atoms with Crippen molar-refractivity contribution in [3.8, 4) is 6.07 Å². The van der Waals surface area contributed by atoms with E-state index in [0.717, 1.165) is 6.07 Å². The predicted octanol–water partition coefficient (Wildman–Crippen LogP) is 3.07. The minimum Gasteiger partial charge on any atom is -0.408 e. The summed E-state index contributed by atoms with van der Waals surface area (Å²) in [7, 11) is -4.38. The topological polar surface area (TPSA) is 135 Å². The van der Waals surface area contributed by atoms with Crippen molar-refractivity contribution < 1.29 is 35.5 Å². The number of carbonyl (C=O) groups excluding carboxylic acids is 1. The largest absolute Gasteiger partial charge is 0.491 e. The molecule has 1 aromatic carbocycles. The van der Waals surface area contributed by atoms with Gasteiger partial charge in [-0.1, -0.05) is 17.2 Å². The number of alkyl halides is 3. The lowest BCUT2D eigenvalue weighted by molar-refractivity contribution is -0.194. The highest BCUT2D eigenvalue weighted by atomic mass is 32.2. The van der Waals surface area contributed by atoms with Crippen LogP contribution in [0.2, 0.25) is 0 Å². The first-order chi connectivity index (χ1) is 14.3. The van der Waals surface area contributed by atoms with Gasteiger partial charge in [-0.05, 0) is 38.5 Å². The van der Waals surface area contributed by atoms with Crippen LogP contribution in [0.3, 0.4) is 0 Å². The van der Waals surface area contributed by atoms with Gasteiger partial charge in [-0.2, -0.15) is 18.4 Å². The van der Waals surface area contributed by atoms with Gasteiger partial charge in [-0.25, -0.2) is 13.2 Å². The molecule has 1 aromatic heterocycles. The molecular weight excluding hydrogens is 441 g/mol. The van der Waals surface area contributed by atoms with Crippen molar-refractivity contribution in [2.75, 3.05) is 11.9 Å². The van der Waals surface area contributed by atoms with Gasteiger partial charge in [0.25, 0.3) is 0 Å². The molecule has 0 aliphatic rings. The number of halogens is 3. The summed E-state index contributed by atoms with van der Waals surface area (Å²) in [5.41, 5.74) is -0.190. The van der Waals surface area contributed by atoms with Crippen LogP contribution in [-0.4, -0.2) is 37.3 Å². The molecule has 0 bridgehead atoms. The molecule has 0 unspecified atom stereocenters. The summed E-state index contributed by atoms with van der Waals surface area (Å²) in [6.07, 6.45) is -5.38. The lowest BCUT2D eigenvalue weighted by atomic mass is 9.85. The van der Waals surface area contributed by atoms with Crippen molar-refractivity contribution in [3.05, 3.63) is 46.9 Å². The molecule has 31 heavy (non-hydrogen) atoms. The highest BCUT2D eigenvalue weighted by Crippen LogP contribution is 2.32. The van der Waals surface area contributed by atoms with E-state index >= 15 is 0 Å². The Bertz CT molecular complexity index is 1130. The fourth-order valence-corrected chi connectivity index (χ4v) is 3.36. The lowest BCUT2D eigenvalue weighted by Gasteiger charge is -2.20. The summed E-state index contributed by atoms with van der Waals surface area (Å²) in [5, 5.41) is 19.7. The Morgan fingerprint density at radius 2 is 1.87 bits per heavy atom. The minimum absolute atomic E-state index is 0.150. The lowest BCUT2D eigenvalue weighted by Crippen LogP contribution is -2.25. The summed E-state index contributed by atoms with van der Waals surface area (Å²) in [6.45, 7) is 5.96. The van der Waals surface area contributed by atoms with Crippen molar-refractivity contribution >= 4 is 21.8 Å². The summed E-state index contributed by atoms with van der Waals surface area (Å²) in [4.78, 5) is 10.5. The quantitative estimate of drug-likeness (QED) is 0.377. The maximum absolute atomic E-state index is 12.4. The standard InChI is InChI=1S/C18H17F3N4O5S/c1-4-23-16-25-24-14(30-16)17(2,3)11-5-7-13(8-6-11)31(27,28)10-12(9-22)29-15(26)18(19,20)21/h5-8,10H,4H2,1-3H3,(H,23,25)/b12-10+. The normalized spacial score (nSPS) is 12.9. The third-order valence-corrected chi connectivity index (χ3v) is 5.45. The van der Waals surface area contributed by atoms with Gasteiger partial charge in [0, 0.05) is 6.54 Å². The molecular formula is C18H17F3N4O5S. The van der Waals surface area contributed by atoms with Gasteiger partial charge < -0.3 is 14.5 Å². The molecule has 13 heteroatoms. The Labute approximate surface area is 175 Å². The average Bonchev–Trinajstić information content (AvgIpc) is 3.16. The van der Waals surface area contributed by atoms with Crippen LogP contribution in [0.15, 0.2) is 44.7 Å². The van der Waals surface area contributed by atoms with E-state index in [-0.39, 0.29) is 22.2 Å². The Morgan fingerprint density at radius 3 is 2.39 bits per heavy atom. The van der Waals surface area contributed by atoms with E-state index in [1.807, 2.05) is 6.92 Å². The number of esters is 1. The van der Waals surface area contributed by atoms with Crippen molar-refractivity contribution in [1.29, 1.82) is 5.26 Å². The van der Waals surface area contributed by atoms with Gasteiger partial charge in [0.15, 0.2) is 0 Å². The molecule has 0 fully saturated rings. The SMILES string of the molecule is CCNc1nnc(C(C)(C)c2ccc(S(=O)(=O)/C=C(\C#N)OC(=O)C(F)(F)F)cc2)o1. The number of nitrogens with one attached hydrogen (secondary N) is 1. The van der Waals surface area contributed by atoms with Crippen molar-refractivity contribution in [1.82, 2.24) is 10.2 Å². The molecule has 0 aliphatic carbocycles. The second kappa shape index (κ2) is 8.76. The Morgan fingerprint density at radius 1 is 1.26 bits per heavy atom. The van der Waals surface area contributed by atoms with Crippen LogP contribution >= 0.6 is 0 Å². The molecule has 9 nitrogen and oxygen atoms in total. The number of anilines is 1. The van der Waals surface area contributed by atoms with E-state index in [2.05, 4.69) is 20.3 Å². The Hall–Kier alpha value is -3.40. The first-order valence-corrected chi connectivity index (χ1v) is 10.2. The average molecular weight is 458 g/mol. The Balaban J connectivity index is 2.30. The van der Waals surface area contributed by atoms with Crippen molar-refractivity contribution in [2.45, 2.75) is 37.3 Å². The van der Waals surface area contributed by atoms with Gasteiger partial charge in [-0.15, -0.1) is 5.10 Å². The summed E-state index contributed by atoms with van der Waals surface area (Å²) < 4.78 is 70.9. The molecule has 0 saturated carbocycles. The zero-order valence-corrected chi connectivity index (χ0v) is 17.3. The third kappa shape index (κ3) is 5.60. The fraction of sp³-hybridized carbons (Fsp3) is 0.333. The summed E-state index contributed by atoms with van der Waals surface area (Å²) >= 11 is 0. The molecule has 2 rings (SSSR count). The van der Waals surface area contributed by atoms with Crippen LogP contribution in [0.4, 0.5) is 19.2 Å². The smallest absolute Gasteiger partial charge is 0.408 e. The molecule has 0 atom stereocenters. The first-order valence-electron chi connectivity index (χ1n) is 8.65. The van der Waals surface area contributed by atoms with E-state index in [1.54, 1.807) is 13.8 Å². The van der Waals surface area contributed by atoms with E-state index in [1.165, 1.54) is 24.3 Å². The van der Waals surface area contributed by atoms with Crippen LogP contribution in [0, 0.1) is 11.3 Å². The predicted molar refractivity (Wildman–Crippen MR) is 100 cm³/mol. The van der Waals surface area contributed by atoms with Crippen LogP contribution in [0.5, 0.6) is 0 Å². The molecule has 0 spiro atoms. The van der Waals surface area contributed by atoms with E-state index < -0.39 is 33.2 Å². The van der Waals surface area contributed by atoms with Crippen LogP contribution in [-0.2, 0) is 24.8 Å². The van der Waals surface area contributed by atoms with Gasteiger partial charge >= 0.3 is 18.2 Å². The number of nitrogens with zero attached hydrogens (tertiary/aromatic N) is 3. The van der Waals surface area contributed by atoms with Gasteiger partial charge in [-0.3, -0.25) is 0 Å². The monoisotopic (exact) mass is 458 g/mol. The number of aromatic nitrogens is 2. The number of ether oxygens (including phenoxy) is 1. The maximum atomic E-state index is 12.4. The third-order valence-electron chi connectivity index (χ3n) is 4.00.